The van der Waals surface area contributed by atoms with E-state index in [0.29, 0.717) is 0 Å². The Morgan fingerprint density at radius 3 is 3.08 bits per heavy atom. The molecule has 12 heavy (non-hydrogen) atoms. The van der Waals surface area contributed by atoms with Crippen LogP contribution in [0.4, 0.5) is 5.82 Å². The zero-order chi connectivity index (χ0) is 7.97. The highest BCUT2D eigenvalue weighted by Gasteiger charge is 2.24. The lowest BCUT2D eigenvalue weighted by atomic mass is 10.1. The van der Waals surface area contributed by atoms with E-state index in [2.05, 4.69) is 14.7 Å². The summed E-state index contributed by atoms with van der Waals surface area (Å²) in [7, 11) is 0. The Kier molecular flexibility index (Phi) is 1.22. The molecule has 0 radical (unpaired) electrons. The zero-order valence-electron chi connectivity index (χ0n) is 7.16. The average Bonchev–Trinajstić information content (AvgIpc) is 2.52. The second kappa shape index (κ2) is 2.25. The Balaban J connectivity index is 2.16. The zero-order valence-corrected chi connectivity index (χ0v) is 7.16. The SMILES string of the molecule is c1nn2c3c1CCCN3CCC2. The first kappa shape index (κ1) is 6.52. The van der Waals surface area contributed by atoms with E-state index in [1.165, 1.54) is 43.7 Å². The Bertz CT molecular complexity index is 275. The molecule has 0 aliphatic carbocycles. The van der Waals surface area contributed by atoms with E-state index in [1.54, 1.807) is 0 Å². The third-order valence-corrected chi connectivity index (χ3v) is 2.86. The van der Waals surface area contributed by atoms with Gasteiger partial charge in [0.25, 0.3) is 0 Å². The van der Waals surface area contributed by atoms with Crippen molar-refractivity contribution in [2.45, 2.75) is 25.8 Å². The predicted molar refractivity (Wildman–Crippen MR) is 47.4 cm³/mol. The lowest BCUT2D eigenvalue weighted by molar-refractivity contribution is 0.503. The highest BCUT2D eigenvalue weighted by atomic mass is 15.4. The van der Waals surface area contributed by atoms with Gasteiger partial charge in [0.05, 0.1) is 6.20 Å². The average molecular weight is 163 g/mol. The van der Waals surface area contributed by atoms with Gasteiger partial charge in [-0.3, -0.25) is 0 Å². The Morgan fingerprint density at radius 2 is 2.08 bits per heavy atom. The van der Waals surface area contributed by atoms with Gasteiger partial charge in [0.15, 0.2) is 0 Å². The molecule has 0 bridgehead atoms. The van der Waals surface area contributed by atoms with Crippen LogP contribution in [-0.2, 0) is 13.0 Å². The summed E-state index contributed by atoms with van der Waals surface area (Å²) in [6.45, 7) is 3.59. The highest BCUT2D eigenvalue weighted by molar-refractivity contribution is 5.50. The van der Waals surface area contributed by atoms with E-state index in [0.717, 1.165) is 6.54 Å². The van der Waals surface area contributed by atoms with E-state index in [-0.39, 0.29) is 0 Å². The van der Waals surface area contributed by atoms with E-state index < -0.39 is 0 Å². The fourth-order valence-electron chi connectivity index (χ4n) is 2.32. The first-order valence-corrected chi connectivity index (χ1v) is 4.75. The van der Waals surface area contributed by atoms with Crippen LogP contribution in [0.3, 0.4) is 0 Å². The number of anilines is 1. The van der Waals surface area contributed by atoms with Gasteiger partial charge in [0.2, 0.25) is 0 Å². The molecule has 0 amide bonds. The maximum atomic E-state index is 4.39. The summed E-state index contributed by atoms with van der Waals surface area (Å²) in [6.07, 6.45) is 5.84. The molecule has 1 aromatic rings. The van der Waals surface area contributed by atoms with Crippen LogP contribution in [0.15, 0.2) is 6.20 Å². The number of aromatic nitrogens is 2. The normalized spacial score (nSPS) is 20.8. The minimum Gasteiger partial charge on any atom is -0.357 e. The summed E-state index contributed by atoms with van der Waals surface area (Å²) in [6, 6.07) is 0. The lowest BCUT2D eigenvalue weighted by Crippen LogP contribution is -2.36. The van der Waals surface area contributed by atoms with Crippen molar-refractivity contribution in [2.75, 3.05) is 18.0 Å². The van der Waals surface area contributed by atoms with Gasteiger partial charge >= 0.3 is 0 Å². The fraction of sp³-hybridized carbons (Fsp3) is 0.667. The Morgan fingerprint density at radius 1 is 1.17 bits per heavy atom. The van der Waals surface area contributed by atoms with Gasteiger partial charge in [0.1, 0.15) is 5.82 Å². The highest BCUT2D eigenvalue weighted by Crippen LogP contribution is 2.29. The Labute approximate surface area is 72.0 Å². The topological polar surface area (TPSA) is 21.1 Å². The minimum absolute atomic E-state index is 1.12. The minimum atomic E-state index is 1.12. The molecule has 0 saturated heterocycles. The number of nitrogens with zero attached hydrogens (tertiary/aromatic N) is 3. The largest absolute Gasteiger partial charge is 0.357 e. The van der Waals surface area contributed by atoms with E-state index in [9.17, 15) is 0 Å². The molecular weight excluding hydrogens is 150 g/mol. The molecule has 3 rings (SSSR count). The van der Waals surface area contributed by atoms with Gasteiger partial charge in [-0.05, 0) is 19.3 Å². The van der Waals surface area contributed by atoms with Gasteiger partial charge in [-0.15, -0.1) is 0 Å². The first-order valence-electron chi connectivity index (χ1n) is 4.75. The van der Waals surface area contributed by atoms with Crippen LogP contribution in [-0.4, -0.2) is 22.9 Å². The number of rotatable bonds is 0. The molecule has 3 heteroatoms. The molecule has 2 aliphatic rings. The molecule has 0 unspecified atom stereocenters. The number of aryl methyl sites for hydroxylation is 2. The molecule has 2 aliphatic heterocycles. The third-order valence-electron chi connectivity index (χ3n) is 2.86. The molecule has 0 N–H and O–H groups in total. The maximum Gasteiger partial charge on any atom is 0.130 e. The predicted octanol–water partition coefficient (Wildman–Crippen LogP) is 1.04. The standard InChI is InChI=1S/C9H13N3/c1-3-8-7-10-12-6-2-5-11(4-1)9(8)12/h7H,1-6H2. The van der Waals surface area contributed by atoms with Gasteiger partial charge in [-0.2, -0.15) is 5.10 Å². The summed E-state index contributed by atoms with van der Waals surface area (Å²) in [5.41, 5.74) is 1.46. The van der Waals surface area contributed by atoms with Crippen molar-refractivity contribution >= 4 is 5.82 Å². The van der Waals surface area contributed by atoms with Crippen LogP contribution >= 0.6 is 0 Å². The summed E-state index contributed by atoms with van der Waals surface area (Å²) >= 11 is 0. The second-order valence-electron chi connectivity index (χ2n) is 3.66. The smallest absolute Gasteiger partial charge is 0.130 e. The second-order valence-corrected chi connectivity index (χ2v) is 3.66. The third kappa shape index (κ3) is 0.737. The number of hydrogen-bond acceptors (Lipinski definition) is 2. The van der Waals surface area contributed by atoms with E-state index >= 15 is 0 Å². The van der Waals surface area contributed by atoms with Crippen LogP contribution in [0.2, 0.25) is 0 Å². The van der Waals surface area contributed by atoms with E-state index in [4.69, 9.17) is 0 Å². The number of hydrogen-bond donors (Lipinski definition) is 0. The van der Waals surface area contributed by atoms with Crippen molar-refractivity contribution in [3.8, 4) is 0 Å². The molecule has 3 heterocycles. The van der Waals surface area contributed by atoms with E-state index in [1.807, 2.05) is 6.20 Å². The summed E-state index contributed by atoms with van der Waals surface area (Å²) < 4.78 is 2.16. The summed E-state index contributed by atoms with van der Waals surface area (Å²) in [4.78, 5) is 2.48. The molecule has 64 valence electrons. The molecule has 0 fully saturated rings. The molecule has 0 saturated carbocycles. The van der Waals surface area contributed by atoms with Crippen molar-refractivity contribution in [1.82, 2.24) is 9.78 Å². The van der Waals surface area contributed by atoms with Crippen LogP contribution in [0, 0.1) is 0 Å². The molecule has 0 spiro atoms. The van der Waals surface area contributed by atoms with Crippen molar-refractivity contribution in [3.05, 3.63) is 11.8 Å². The van der Waals surface area contributed by atoms with Crippen molar-refractivity contribution < 1.29 is 0 Å². The van der Waals surface area contributed by atoms with Gasteiger partial charge < -0.3 is 4.90 Å². The van der Waals surface area contributed by atoms with Gasteiger partial charge in [-0.1, -0.05) is 0 Å². The maximum absolute atomic E-state index is 4.39. The monoisotopic (exact) mass is 163 g/mol. The van der Waals surface area contributed by atoms with Crippen LogP contribution in [0.25, 0.3) is 0 Å². The first-order chi connectivity index (χ1) is 5.95. The molecule has 3 nitrogen and oxygen atoms in total. The summed E-state index contributed by atoms with van der Waals surface area (Å²) in [5.74, 6) is 1.41. The molecule has 0 atom stereocenters. The fourth-order valence-corrected chi connectivity index (χ4v) is 2.32. The molecular formula is C9H13N3. The molecule has 1 aromatic heterocycles. The van der Waals surface area contributed by atoms with Crippen molar-refractivity contribution in [2.24, 2.45) is 0 Å². The van der Waals surface area contributed by atoms with Crippen molar-refractivity contribution in [1.29, 1.82) is 0 Å². The van der Waals surface area contributed by atoms with Crippen LogP contribution in [0.1, 0.15) is 18.4 Å². The van der Waals surface area contributed by atoms with Crippen LogP contribution < -0.4 is 4.90 Å². The van der Waals surface area contributed by atoms with Gasteiger partial charge in [0, 0.05) is 25.2 Å². The molecule has 0 aromatic carbocycles. The van der Waals surface area contributed by atoms with Gasteiger partial charge in [-0.25, -0.2) is 4.68 Å². The quantitative estimate of drug-likeness (QED) is 0.570. The van der Waals surface area contributed by atoms with Crippen molar-refractivity contribution in [3.63, 3.8) is 0 Å². The lowest BCUT2D eigenvalue weighted by Gasteiger charge is -2.33. The van der Waals surface area contributed by atoms with Crippen LogP contribution in [0.5, 0.6) is 0 Å². The summed E-state index contributed by atoms with van der Waals surface area (Å²) in [5, 5.41) is 4.39. The Hall–Kier alpha value is -0.990.